The molecule has 5 heteroatoms. The van der Waals surface area contributed by atoms with Crippen LogP contribution in [0.2, 0.25) is 0 Å². The molecule has 0 aromatic heterocycles. The summed E-state index contributed by atoms with van der Waals surface area (Å²) < 4.78 is 0. The molecule has 3 N–H and O–H groups in total. The van der Waals surface area contributed by atoms with E-state index in [9.17, 15) is 9.59 Å². The molecule has 76 valence electrons. The van der Waals surface area contributed by atoms with Gasteiger partial charge in [0.1, 0.15) is 0 Å². The van der Waals surface area contributed by atoms with Gasteiger partial charge in [0.2, 0.25) is 0 Å². The first kappa shape index (κ1) is 14.2. The first-order valence-corrected chi connectivity index (χ1v) is 3.83. The van der Waals surface area contributed by atoms with Gasteiger partial charge in [-0.1, -0.05) is 13.8 Å². The molecule has 13 heavy (non-hydrogen) atoms. The molecule has 1 heterocycles. The number of carbonyl (C=O) groups is 2. The van der Waals surface area contributed by atoms with E-state index in [2.05, 4.69) is 0 Å². The van der Waals surface area contributed by atoms with Crippen LogP contribution in [0.3, 0.4) is 0 Å². The van der Waals surface area contributed by atoms with Gasteiger partial charge in [-0.25, -0.2) is 0 Å². The standard InChI is InChI=1S/C5H5NO3.C2H6.CH4O/c1-2-3(7)5(9)6-4(2)8;2*1-2/h1H3,(H2,6,7,8,9);1-2H3;2H,1H3. The van der Waals surface area contributed by atoms with Gasteiger partial charge in [0.05, 0.1) is 5.57 Å². The van der Waals surface area contributed by atoms with Gasteiger partial charge in [-0.3, -0.25) is 14.9 Å². The van der Waals surface area contributed by atoms with Gasteiger partial charge in [0, 0.05) is 7.11 Å². The van der Waals surface area contributed by atoms with E-state index in [-0.39, 0.29) is 5.57 Å². The first-order chi connectivity index (χ1) is 6.13. The van der Waals surface area contributed by atoms with Gasteiger partial charge in [-0.05, 0) is 6.92 Å². The maximum Gasteiger partial charge on any atom is 0.293 e. The summed E-state index contributed by atoms with van der Waals surface area (Å²) in [6, 6.07) is 0. The van der Waals surface area contributed by atoms with Crippen LogP contribution in [-0.4, -0.2) is 29.1 Å². The van der Waals surface area contributed by atoms with E-state index in [1.165, 1.54) is 6.92 Å². The highest BCUT2D eigenvalue weighted by atomic mass is 16.3. The monoisotopic (exact) mass is 189 g/mol. The molecular formula is C8H15NO4. The minimum atomic E-state index is -0.711. The lowest BCUT2D eigenvalue weighted by atomic mass is 10.3. The number of aliphatic hydroxyl groups is 2. The Morgan fingerprint density at radius 2 is 1.46 bits per heavy atom. The van der Waals surface area contributed by atoms with Gasteiger partial charge in [0.15, 0.2) is 5.76 Å². The molecule has 0 aromatic rings. The number of imide groups is 1. The van der Waals surface area contributed by atoms with Crippen molar-refractivity contribution in [2.45, 2.75) is 20.8 Å². The summed E-state index contributed by atoms with van der Waals surface area (Å²) in [6.07, 6.45) is 0. The van der Waals surface area contributed by atoms with Crippen LogP contribution >= 0.6 is 0 Å². The maximum atomic E-state index is 10.4. The van der Waals surface area contributed by atoms with Crippen molar-refractivity contribution < 1.29 is 19.8 Å². The fraction of sp³-hybridized carbons (Fsp3) is 0.500. The highest BCUT2D eigenvalue weighted by molar-refractivity contribution is 6.17. The van der Waals surface area contributed by atoms with Gasteiger partial charge >= 0.3 is 0 Å². The third-order valence-electron chi connectivity index (χ3n) is 1.14. The summed E-state index contributed by atoms with van der Waals surface area (Å²) >= 11 is 0. The van der Waals surface area contributed by atoms with Crippen molar-refractivity contribution in [2.75, 3.05) is 7.11 Å². The van der Waals surface area contributed by atoms with Gasteiger partial charge in [0.25, 0.3) is 11.8 Å². The summed E-state index contributed by atoms with van der Waals surface area (Å²) in [4.78, 5) is 20.8. The van der Waals surface area contributed by atoms with Crippen molar-refractivity contribution in [1.29, 1.82) is 0 Å². The molecule has 0 fully saturated rings. The molecule has 0 bridgehead atoms. The number of aliphatic hydroxyl groups excluding tert-OH is 2. The Hall–Kier alpha value is -1.36. The lowest BCUT2D eigenvalue weighted by Crippen LogP contribution is -2.22. The molecule has 1 aliphatic heterocycles. The van der Waals surface area contributed by atoms with Crippen molar-refractivity contribution >= 4 is 11.8 Å². The van der Waals surface area contributed by atoms with Crippen molar-refractivity contribution in [2.24, 2.45) is 0 Å². The highest BCUT2D eigenvalue weighted by Crippen LogP contribution is 2.06. The molecule has 1 aliphatic rings. The Bertz CT molecular complexity index is 198. The number of rotatable bonds is 0. The van der Waals surface area contributed by atoms with Crippen LogP contribution in [-0.2, 0) is 9.59 Å². The molecule has 0 saturated heterocycles. The maximum absolute atomic E-state index is 10.4. The third kappa shape index (κ3) is 3.71. The molecule has 1 rings (SSSR count). The second-order valence-corrected chi connectivity index (χ2v) is 1.76. The van der Waals surface area contributed by atoms with Gasteiger partial charge in [-0.2, -0.15) is 0 Å². The zero-order chi connectivity index (χ0) is 11.0. The molecule has 0 radical (unpaired) electrons. The lowest BCUT2D eigenvalue weighted by molar-refractivity contribution is -0.125. The Balaban J connectivity index is 0. The molecule has 2 amide bonds. The van der Waals surface area contributed by atoms with Crippen molar-refractivity contribution in [1.82, 2.24) is 5.32 Å². The molecule has 0 spiro atoms. The van der Waals surface area contributed by atoms with Gasteiger partial charge < -0.3 is 10.2 Å². The number of carbonyl (C=O) groups excluding carboxylic acids is 2. The summed E-state index contributed by atoms with van der Waals surface area (Å²) in [5.74, 6) is -1.70. The SMILES string of the molecule is CC.CC1=C(O)C(=O)NC1=O.CO. The quantitative estimate of drug-likeness (QED) is 0.472. The van der Waals surface area contributed by atoms with E-state index in [4.69, 9.17) is 10.2 Å². The smallest absolute Gasteiger partial charge is 0.293 e. The molecular weight excluding hydrogens is 174 g/mol. The second-order valence-electron chi connectivity index (χ2n) is 1.76. The average Bonchev–Trinajstić information content (AvgIpc) is 2.40. The van der Waals surface area contributed by atoms with Crippen LogP contribution in [0.15, 0.2) is 11.3 Å². The van der Waals surface area contributed by atoms with Crippen LogP contribution in [0, 0.1) is 0 Å². The van der Waals surface area contributed by atoms with Crippen molar-refractivity contribution in [3.8, 4) is 0 Å². The van der Waals surface area contributed by atoms with Gasteiger partial charge in [-0.15, -0.1) is 0 Å². The Kier molecular flexibility index (Phi) is 7.96. The predicted octanol–water partition coefficient (Wildman–Crippen LogP) is 0.109. The Morgan fingerprint density at radius 1 is 1.08 bits per heavy atom. The minimum Gasteiger partial charge on any atom is -0.503 e. The third-order valence-corrected chi connectivity index (χ3v) is 1.14. The van der Waals surface area contributed by atoms with Crippen LogP contribution in [0.1, 0.15) is 20.8 Å². The van der Waals surface area contributed by atoms with Crippen LogP contribution in [0.4, 0.5) is 0 Å². The fourth-order valence-corrected chi connectivity index (χ4v) is 0.534. The topological polar surface area (TPSA) is 86.6 Å². The average molecular weight is 189 g/mol. The summed E-state index contributed by atoms with van der Waals surface area (Å²) in [5, 5.41) is 17.6. The minimum absolute atomic E-state index is 0.0833. The van der Waals surface area contributed by atoms with Crippen LogP contribution < -0.4 is 5.32 Å². The highest BCUT2D eigenvalue weighted by Gasteiger charge is 2.25. The Morgan fingerprint density at radius 3 is 1.54 bits per heavy atom. The van der Waals surface area contributed by atoms with Crippen molar-refractivity contribution in [3.63, 3.8) is 0 Å². The zero-order valence-electron chi connectivity index (χ0n) is 8.21. The second kappa shape index (κ2) is 7.30. The largest absolute Gasteiger partial charge is 0.503 e. The summed E-state index contributed by atoms with van der Waals surface area (Å²) in [6.45, 7) is 5.38. The molecule has 0 unspecified atom stereocenters. The fourth-order valence-electron chi connectivity index (χ4n) is 0.534. The molecule has 0 aromatic carbocycles. The normalized spacial score (nSPS) is 13.9. The predicted molar refractivity (Wildman–Crippen MR) is 48.0 cm³/mol. The molecule has 0 atom stereocenters. The van der Waals surface area contributed by atoms with Crippen molar-refractivity contribution in [3.05, 3.63) is 11.3 Å². The number of hydrogen-bond donors (Lipinski definition) is 3. The summed E-state index contributed by atoms with van der Waals surface area (Å²) in [5.41, 5.74) is 0.0833. The molecule has 5 nitrogen and oxygen atoms in total. The molecule has 0 saturated carbocycles. The number of hydrogen-bond acceptors (Lipinski definition) is 4. The molecule has 0 aliphatic carbocycles. The zero-order valence-corrected chi connectivity index (χ0v) is 8.21. The van der Waals surface area contributed by atoms with E-state index in [1.54, 1.807) is 0 Å². The lowest BCUT2D eigenvalue weighted by Gasteiger charge is -1.83. The van der Waals surface area contributed by atoms with E-state index in [1.807, 2.05) is 19.2 Å². The summed E-state index contributed by atoms with van der Waals surface area (Å²) in [7, 11) is 1.00. The first-order valence-electron chi connectivity index (χ1n) is 3.83. The van der Waals surface area contributed by atoms with Crippen LogP contribution in [0.5, 0.6) is 0 Å². The number of nitrogens with one attached hydrogen (secondary N) is 1. The van der Waals surface area contributed by atoms with E-state index in [0.29, 0.717) is 0 Å². The number of amides is 2. The van der Waals surface area contributed by atoms with E-state index < -0.39 is 17.6 Å². The van der Waals surface area contributed by atoms with Crippen LogP contribution in [0.25, 0.3) is 0 Å². The van der Waals surface area contributed by atoms with E-state index >= 15 is 0 Å². The Labute approximate surface area is 77.1 Å². The van der Waals surface area contributed by atoms with E-state index in [0.717, 1.165) is 7.11 Å².